The molecule has 0 bridgehead atoms. The Morgan fingerprint density at radius 2 is 1.78 bits per heavy atom. The number of thiophene rings is 1. The van der Waals surface area contributed by atoms with E-state index in [0.29, 0.717) is 6.61 Å². The molecule has 5 nitrogen and oxygen atoms in total. The van der Waals surface area contributed by atoms with Crippen molar-refractivity contribution in [3.8, 4) is 5.75 Å². The lowest BCUT2D eigenvalue weighted by atomic mass is 10.1. The number of anilines is 1. The molecule has 1 aliphatic rings. The SMILES string of the molecule is CCOc1ccc(CN2CCN(c3ncnc4sc(C)c(C)c34)CC2)cc1. The molecule has 1 aromatic carbocycles. The summed E-state index contributed by atoms with van der Waals surface area (Å²) in [5.74, 6) is 2.04. The second-order valence-electron chi connectivity index (χ2n) is 7.00. The van der Waals surface area contributed by atoms with Gasteiger partial charge in [0.15, 0.2) is 0 Å². The summed E-state index contributed by atoms with van der Waals surface area (Å²) in [6, 6.07) is 8.47. The molecule has 1 saturated heterocycles. The van der Waals surface area contributed by atoms with Crippen molar-refractivity contribution < 1.29 is 4.74 Å². The van der Waals surface area contributed by atoms with Gasteiger partial charge in [-0.15, -0.1) is 11.3 Å². The van der Waals surface area contributed by atoms with E-state index in [1.54, 1.807) is 17.7 Å². The summed E-state index contributed by atoms with van der Waals surface area (Å²) < 4.78 is 5.53. The second-order valence-corrected chi connectivity index (χ2v) is 8.20. The molecule has 2 aromatic heterocycles. The predicted molar refractivity (Wildman–Crippen MR) is 112 cm³/mol. The zero-order valence-electron chi connectivity index (χ0n) is 16.2. The van der Waals surface area contributed by atoms with Crippen LogP contribution < -0.4 is 9.64 Å². The number of ether oxygens (including phenoxy) is 1. The quantitative estimate of drug-likeness (QED) is 0.666. The van der Waals surface area contributed by atoms with Crippen LogP contribution in [-0.4, -0.2) is 47.7 Å². The standard InChI is InChI=1S/C21H26N4OS/c1-4-26-18-7-5-17(6-8-18)13-24-9-11-25(12-10-24)20-19-15(2)16(3)27-21(19)23-14-22-20/h5-8,14H,4,9-13H2,1-3H3. The van der Waals surface area contributed by atoms with Gasteiger partial charge in [-0.2, -0.15) is 0 Å². The first-order valence-electron chi connectivity index (χ1n) is 9.55. The third-order valence-corrected chi connectivity index (χ3v) is 6.37. The van der Waals surface area contributed by atoms with E-state index in [4.69, 9.17) is 4.74 Å². The third-order valence-electron chi connectivity index (χ3n) is 5.26. The number of rotatable bonds is 5. The number of hydrogen-bond acceptors (Lipinski definition) is 6. The minimum atomic E-state index is 0.709. The Hall–Kier alpha value is -2.18. The van der Waals surface area contributed by atoms with E-state index in [2.05, 4.69) is 57.9 Å². The highest BCUT2D eigenvalue weighted by atomic mass is 32.1. The Morgan fingerprint density at radius 1 is 1.04 bits per heavy atom. The Balaban J connectivity index is 1.42. The lowest BCUT2D eigenvalue weighted by Gasteiger charge is -2.35. The van der Waals surface area contributed by atoms with Gasteiger partial charge in [0.2, 0.25) is 0 Å². The Bertz CT molecular complexity index is 914. The van der Waals surface area contributed by atoms with Crippen molar-refractivity contribution in [1.29, 1.82) is 0 Å². The molecule has 1 fully saturated rings. The second kappa shape index (κ2) is 7.82. The van der Waals surface area contributed by atoms with Crippen LogP contribution in [0.2, 0.25) is 0 Å². The van der Waals surface area contributed by atoms with Crippen LogP contribution in [0.3, 0.4) is 0 Å². The molecule has 0 unspecified atom stereocenters. The van der Waals surface area contributed by atoms with E-state index in [1.165, 1.54) is 21.4 Å². The summed E-state index contributed by atoms with van der Waals surface area (Å²) >= 11 is 1.77. The van der Waals surface area contributed by atoms with Crippen molar-refractivity contribution in [2.24, 2.45) is 0 Å². The summed E-state index contributed by atoms with van der Waals surface area (Å²) in [7, 11) is 0. The molecule has 1 aliphatic heterocycles. The number of nitrogens with zero attached hydrogens (tertiary/aromatic N) is 4. The van der Waals surface area contributed by atoms with Crippen molar-refractivity contribution in [2.45, 2.75) is 27.3 Å². The highest BCUT2D eigenvalue weighted by Gasteiger charge is 2.22. The molecule has 0 atom stereocenters. The number of hydrogen-bond donors (Lipinski definition) is 0. The first-order chi connectivity index (χ1) is 13.2. The van der Waals surface area contributed by atoms with Crippen molar-refractivity contribution in [3.05, 3.63) is 46.6 Å². The minimum Gasteiger partial charge on any atom is -0.494 e. The van der Waals surface area contributed by atoms with Crippen molar-refractivity contribution in [1.82, 2.24) is 14.9 Å². The van der Waals surface area contributed by atoms with Crippen LogP contribution in [0, 0.1) is 13.8 Å². The Labute approximate surface area is 164 Å². The summed E-state index contributed by atoms with van der Waals surface area (Å²) in [5.41, 5.74) is 2.66. The summed E-state index contributed by atoms with van der Waals surface area (Å²) in [4.78, 5) is 16.5. The first-order valence-corrected chi connectivity index (χ1v) is 10.4. The van der Waals surface area contributed by atoms with Gasteiger partial charge in [-0.25, -0.2) is 9.97 Å². The number of benzene rings is 1. The minimum absolute atomic E-state index is 0.709. The lowest BCUT2D eigenvalue weighted by molar-refractivity contribution is 0.249. The molecular weight excluding hydrogens is 356 g/mol. The molecule has 27 heavy (non-hydrogen) atoms. The number of aryl methyl sites for hydroxylation is 2. The van der Waals surface area contributed by atoms with E-state index in [1.807, 2.05) is 6.92 Å². The predicted octanol–water partition coefficient (Wildman–Crippen LogP) is 4.03. The van der Waals surface area contributed by atoms with Crippen molar-refractivity contribution >= 4 is 27.4 Å². The fourth-order valence-corrected chi connectivity index (χ4v) is 4.63. The molecule has 142 valence electrons. The van der Waals surface area contributed by atoms with Crippen LogP contribution in [0.5, 0.6) is 5.75 Å². The van der Waals surface area contributed by atoms with Gasteiger partial charge in [0.05, 0.1) is 12.0 Å². The molecule has 4 rings (SSSR count). The van der Waals surface area contributed by atoms with Gasteiger partial charge in [-0.1, -0.05) is 12.1 Å². The van der Waals surface area contributed by atoms with E-state index < -0.39 is 0 Å². The number of fused-ring (bicyclic) bond motifs is 1. The van der Waals surface area contributed by atoms with Gasteiger partial charge in [-0.3, -0.25) is 4.90 Å². The van der Waals surface area contributed by atoms with Gasteiger partial charge in [-0.05, 0) is 44.0 Å². The fourth-order valence-electron chi connectivity index (χ4n) is 3.64. The molecule has 3 aromatic rings. The number of piperazine rings is 1. The largest absolute Gasteiger partial charge is 0.494 e. The Kier molecular flexibility index (Phi) is 5.27. The Morgan fingerprint density at radius 3 is 2.48 bits per heavy atom. The fraction of sp³-hybridized carbons (Fsp3) is 0.429. The maximum absolute atomic E-state index is 5.53. The molecule has 0 saturated carbocycles. The molecule has 0 spiro atoms. The topological polar surface area (TPSA) is 41.5 Å². The van der Waals surface area contributed by atoms with E-state index >= 15 is 0 Å². The molecule has 3 heterocycles. The summed E-state index contributed by atoms with van der Waals surface area (Å²) in [6.07, 6.45) is 1.71. The van der Waals surface area contributed by atoms with Crippen molar-refractivity contribution in [2.75, 3.05) is 37.7 Å². The van der Waals surface area contributed by atoms with Crippen LogP contribution in [-0.2, 0) is 6.54 Å². The van der Waals surface area contributed by atoms with Crippen molar-refractivity contribution in [3.63, 3.8) is 0 Å². The van der Waals surface area contributed by atoms with Gasteiger partial charge >= 0.3 is 0 Å². The smallest absolute Gasteiger partial charge is 0.141 e. The van der Waals surface area contributed by atoms with Gasteiger partial charge in [0.25, 0.3) is 0 Å². The van der Waals surface area contributed by atoms with E-state index in [0.717, 1.165) is 49.1 Å². The van der Waals surface area contributed by atoms with Gasteiger partial charge in [0.1, 0.15) is 22.7 Å². The van der Waals surface area contributed by atoms with E-state index in [9.17, 15) is 0 Å². The average molecular weight is 383 g/mol. The van der Waals surface area contributed by atoms with Gasteiger partial charge < -0.3 is 9.64 Å². The van der Waals surface area contributed by atoms with E-state index in [-0.39, 0.29) is 0 Å². The van der Waals surface area contributed by atoms with Crippen LogP contribution in [0.25, 0.3) is 10.2 Å². The monoisotopic (exact) mass is 382 g/mol. The molecule has 0 amide bonds. The number of aromatic nitrogens is 2. The normalized spacial score (nSPS) is 15.4. The van der Waals surface area contributed by atoms with Crippen LogP contribution in [0.15, 0.2) is 30.6 Å². The molecule has 0 aliphatic carbocycles. The summed E-state index contributed by atoms with van der Waals surface area (Å²) in [5, 5.41) is 1.24. The molecule has 6 heteroatoms. The summed E-state index contributed by atoms with van der Waals surface area (Å²) in [6.45, 7) is 12.1. The van der Waals surface area contributed by atoms with Crippen LogP contribution in [0.1, 0.15) is 22.9 Å². The van der Waals surface area contributed by atoms with Gasteiger partial charge in [0, 0.05) is 37.6 Å². The van der Waals surface area contributed by atoms with Crippen LogP contribution >= 0.6 is 11.3 Å². The maximum atomic E-state index is 5.53. The highest BCUT2D eigenvalue weighted by molar-refractivity contribution is 7.18. The average Bonchev–Trinajstić information content (AvgIpc) is 2.98. The maximum Gasteiger partial charge on any atom is 0.141 e. The first kappa shape index (κ1) is 18.2. The highest BCUT2D eigenvalue weighted by Crippen LogP contribution is 2.34. The third kappa shape index (κ3) is 3.77. The zero-order chi connectivity index (χ0) is 18.8. The molecular formula is C21H26N4OS. The zero-order valence-corrected chi connectivity index (χ0v) is 17.1. The van der Waals surface area contributed by atoms with Crippen LogP contribution in [0.4, 0.5) is 5.82 Å². The lowest BCUT2D eigenvalue weighted by Crippen LogP contribution is -2.46. The molecule has 0 N–H and O–H groups in total. The molecule has 0 radical (unpaired) electrons.